The Hall–Kier alpha value is -2.06. The van der Waals surface area contributed by atoms with Crippen molar-refractivity contribution in [2.75, 3.05) is 19.7 Å². The summed E-state index contributed by atoms with van der Waals surface area (Å²) < 4.78 is 8.00. The molecule has 1 aromatic rings. The van der Waals surface area contributed by atoms with Crippen LogP contribution in [-0.2, 0) is 16.1 Å². The third-order valence-corrected chi connectivity index (χ3v) is 5.74. The highest BCUT2D eigenvalue weighted by Crippen LogP contribution is 2.23. The van der Waals surface area contributed by atoms with Gasteiger partial charge in [-0.1, -0.05) is 6.92 Å². The van der Waals surface area contributed by atoms with Crippen LogP contribution < -0.4 is 0 Å². The van der Waals surface area contributed by atoms with E-state index in [-0.39, 0.29) is 17.6 Å². The third-order valence-electron chi connectivity index (χ3n) is 5.74. The first-order valence-electron chi connectivity index (χ1n) is 9.69. The third kappa shape index (κ3) is 4.02. The van der Waals surface area contributed by atoms with E-state index in [2.05, 4.69) is 37.5 Å². The van der Waals surface area contributed by atoms with E-state index in [0.29, 0.717) is 5.92 Å². The number of rotatable bonds is 4. The molecule has 140 valence electrons. The minimum absolute atomic E-state index is 0.136. The minimum Gasteiger partial charge on any atom is -0.376 e. The van der Waals surface area contributed by atoms with Gasteiger partial charge < -0.3 is 14.2 Å². The van der Waals surface area contributed by atoms with Gasteiger partial charge in [0.1, 0.15) is 11.6 Å². The second kappa shape index (κ2) is 8.09. The van der Waals surface area contributed by atoms with E-state index in [0.717, 1.165) is 68.9 Å². The Balaban J connectivity index is 1.78. The molecule has 0 saturated carbocycles. The number of piperidine rings is 1. The summed E-state index contributed by atoms with van der Waals surface area (Å²) in [5, 5.41) is 9.54. The van der Waals surface area contributed by atoms with Crippen LogP contribution in [0.1, 0.15) is 49.6 Å². The van der Waals surface area contributed by atoms with Gasteiger partial charge in [0, 0.05) is 37.6 Å². The van der Waals surface area contributed by atoms with Crippen molar-refractivity contribution in [3.05, 3.63) is 28.6 Å². The fraction of sp³-hybridized carbons (Fsp3) is 0.619. The second-order valence-electron chi connectivity index (χ2n) is 7.72. The summed E-state index contributed by atoms with van der Waals surface area (Å²) in [4.78, 5) is 14.6. The van der Waals surface area contributed by atoms with E-state index >= 15 is 0 Å². The first kappa shape index (κ1) is 18.7. The molecule has 1 atom stereocenters. The Labute approximate surface area is 156 Å². The van der Waals surface area contributed by atoms with Crippen molar-refractivity contribution in [3.8, 4) is 6.07 Å². The number of aryl methyl sites for hydroxylation is 1. The molecule has 2 saturated heterocycles. The van der Waals surface area contributed by atoms with Crippen LogP contribution in [0.5, 0.6) is 0 Å². The van der Waals surface area contributed by atoms with Crippen LogP contribution in [0.3, 0.4) is 0 Å². The molecule has 0 bridgehead atoms. The molecule has 0 spiro atoms. The number of amides is 1. The van der Waals surface area contributed by atoms with Crippen molar-refractivity contribution in [2.45, 2.75) is 59.1 Å². The maximum Gasteiger partial charge on any atom is 0.264 e. The number of hydrogen-bond donors (Lipinski definition) is 0. The van der Waals surface area contributed by atoms with Crippen LogP contribution in [0.15, 0.2) is 11.6 Å². The van der Waals surface area contributed by atoms with Crippen LogP contribution in [0.25, 0.3) is 6.08 Å². The monoisotopic (exact) mass is 355 g/mol. The predicted molar refractivity (Wildman–Crippen MR) is 101 cm³/mol. The van der Waals surface area contributed by atoms with Gasteiger partial charge in [-0.05, 0) is 63.2 Å². The van der Waals surface area contributed by atoms with Gasteiger partial charge in [0.25, 0.3) is 5.91 Å². The van der Waals surface area contributed by atoms with Crippen molar-refractivity contribution in [2.24, 2.45) is 5.92 Å². The molecule has 1 aromatic heterocycles. The molecule has 3 heterocycles. The SMILES string of the molecule is Cc1cc(C=C(C#N)C(=O)N2CCC(C)CC2)c(C)n1CC1CCCO1. The van der Waals surface area contributed by atoms with Crippen molar-refractivity contribution in [3.63, 3.8) is 0 Å². The van der Waals surface area contributed by atoms with Gasteiger partial charge >= 0.3 is 0 Å². The van der Waals surface area contributed by atoms with Gasteiger partial charge in [-0.25, -0.2) is 0 Å². The summed E-state index contributed by atoms with van der Waals surface area (Å²) in [6, 6.07) is 4.19. The van der Waals surface area contributed by atoms with E-state index in [1.165, 1.54) is 0 Å². The zero-order valence-electron chi connectivity index (χ0n) is 16.1. The molecule has 2 aliphatic rings. The van der Waals surface area contributed by atoms with Crippen LogP contribution in [0, 0.1) is 31.1 Å². The van der Waals surface area contributed by atoms with Gasteiger partial charge in [-0.15, -0.1) is 0 Å². The van der Waals surface area contributed by atoms with Crippen LogP contribution in [-0.4, -0.2) is 41.2 Å². The fourth-order valence-corrected chi connectivity index (χ4v) is 3.93. The smallest absolute Gasteiger partial charge is 0.264 e. The molecule has 0 aromatic carbocycles. The van der Waals surface area contributed by atoms with Gasteiger partial charge in [-0.3, -0.25) is 4.79 Å². The average Bonchev–Trinajstić information content (AvgIpc) is 3.24. The molecule has 5 nitrogen and oxygen atoms in total. The lowest BCUT2D eigenvalue weighted by atomic mass is 9.98. The average molecular weight is 355 g/mol. The summed E-state index contributed by atoms with van der Waals surface area (Å²) in [6.07, 6.45) is 6.27. The maximum absolute atomic E-state index is 12.7. The van der Waals surface area contributed by atoms with E-state index in [9.17, 15) is 10.1 Å². The van der Waals surface area contributed by atoms with Gasteiger partial charge in [0.05, 0.1) is 6.10 Å². The number of carbonyl (C=O) groups is 1. The molecule has 0 aliphatic carbocycles. The lowest BCUT2D eigenvalue weighted by Crippen LogP contribution is -2.38. The summed E-state index contributed by atoms with van der Waals surface area (Å²) >= 11 is 0. The Morgan fingerprint density at radius 2 is 2.08 bits per heavy atom. The number of likely N-dealkylation sites (tertiary alicyclic amines) is 1. The molecular formula is C21H29N3O2. The van der Waals surface area contributed by atoms with Gasteiger partial charge in [-0.2, -0.15) is 5.26 Å². The standard InChI is InChI=1S/C21H29N3O2/c1-15-6-8-23(9-7-15)21(25)19(13-22)12-18-11-16(2)24(17(18)3)14-20-5-4-10-26-20/h11-12,15,20H,4-10,14H2,1-3H3. The van der Waals surface area contributed by atoms with Crippen molar-refractivity contribution in [1.29, 1.82) is 5.26 Å². The van der Waals surface area contributed by atoms with Crippen LogP contribution in [0.4, 0.5) is 0 Å². The number of nitrogens with zero attached hydrogens (tertiary/aromatic N) is 3. The number of ether oxygens (including phenoxy) is 1. The highest BCUT2D eigenvalue weighted by molar-refractivity contribution is 6.01. The highest BCUT2D eigenvalue weighted by Gasteiger charge is 2.24. The Morgan fingerprint density at radius 3 is 2.69 bits per heavy atom. The zero-order valence-corrected chi connectivity index (χ0v) is 16.1. The first-order valence-corrected chi connectivity index (χ1v) is 9.69. The van der Waals surface area contributed by atoms with E-state index < -0.39 is 0 Å². The van der Waals surface area contributed by atoms with E-state index in [1.807, 2.05) is 4.90 Å². The number of nitriles is 1. The molecule has 3 rings (SSSR count). The molecule has 5 heteroatoms. The lowest BCUT2D eigenvalue weighted by Gasteiger charge is -2.30. The second-order valence-corrected chi connectivity index (χ2v) is 7.72. The van der Waals surface area contributed by atoms with Gasteiger partial charge in [0.2, 0.25) is 0 Å². The van der Waals surface area contributed by atoms with E-state index in [4.69, 9.17) is 4.74 Å². The Kier molecular flexibility index (Phi) is 5.83. The highest BCUT2D eigenvalue weighted by atomic mass is 16.5. The summed E-state index contributed by atoms with van der Waals surface area (Å²) in [5.41, 5.74) is 3.42. The molecule has 0 radical (unpaired) electrons. The minimum atomic E-state index is -0.136. The Morgan fingerprint density at radius 1 is 1.35 bits per heavy atom. The fourth-order valence-electron chi connectivity index (χ4n) is 3.93. The summed E-state index contributed by atoms with van der Waals surface area (Å²) in [7, 11) is 0. The lowest BCUT2D eigenvalue weighted by molar-refractivity contribution is -0.127. The normalized spacial score (nSPS) is 21.8. The molecule has 0 N–H and O–H groups in total. The predicted octanol–water partition coefficient (Wildman–Crippen LogP) is 3.45. The molecule has 1 unspecified atom stereocenters. The Bertz CT molecular complexity index is 727. The number of aromatic nitrogens is 1. The molecule has 26 heavy (non-hydrogen) atoms. The van der Waals surface area contributed by atoms with Gasteiger partial charge in [0.15, 0.2) is 0 Å². The van der Waals surface area contributed by atoms with Crippen molar-refractivity contribution >= 4 is 12.0 Å². The summed E-state index contributed by atoms with van der Waals surface area (Å²) in [5.74, 6) is 0.522. The zero-order chi connectivity index (χ0) is 18.7. The van der Waals surface area contributed by atoms with E-state index in [1.54, 1.807) is 6.08 Å². The van der Waals surface area contributed by atoms with Crippen molar-refractivity contribution < 1.29 is 9.53 Å². The first-order chi connectivity index (χ1) is 12.5. The van der Waals surface area contributed by atoms with Crippen LogP contribution >= 0.6 is 0 Å². The number of carbonyl (C=O) groups excluding carboxylic acids is 1. The van der Waals surface area contributed by atoms with Crippen LogP contribution in [0.2, 0.25) is 0 Å². The molecule has 2 aliphatic heterocycles. The largest absolute Gasteiger partial charge is 0.376 e. The maximum atomic E-state index is 12.7. The summed E-state index contributed by atoms with van der Waals surface area (Å²) in [6.45, 7) is 9.51. The van der Waals surface area contributed by atoms with Crippen molar-refractivity contribution in [1.82, 2.24) is 9.47 Å². The molecule has 2 fully saturated rings. The molecular weight excluding hydrogens is 326 g/mol. The number of hydrogen-bond acceptors (Lipinski definition) is 3. The molecule has 1 amide bonds. The topological polar surface area (TPSA) is 58.3 Å². The quantitative estimate of drug-likeness (QED) is 0.614.